The zero-order chi connectivity index (χ0) is 40.8. The molecule has 1 aliphatic heterocycles. The van der Waals surface area contributed by atoms with Gasteiger partial charge in [0.25, 0.3) is 5.91 Å². The Labute approximate surface area is 334 Å². The van der Waals surface area contributed by atoms with E-state index >= 15 is 0 Å². The molecule has 14 heteroatoms. The van der Waals surface area contributed by atoms with Crippen LogP contribution in [-0.4, -0.2) is 78.2 Å². The van der Waals surface area contributed by atoms with Gasteiger partial charge in [-0.3, -0.25) is 4.79 Å². The van der Waals surface area contributed by atoms with Gasteiger partial charge in [-0.2, -0.15) is 5.53 Å². The molecule has 5 N–H and O–H groups in total. The number of rotatable bonds is 13. The molecular weight excluding hydrogens is 734 g/mol. The van der Waals surface area contributed by atoms with Crippen molar-refractivity contribution in [1.29, 1.82) is 5.53 Å². The molecule has 0 aromatic heterocycles. The summed E-state index contributed by atoms with van der Waals surface area (Å²) in [5.41, 5.74) is 16.8. The first-order valence-corrected chi connectivity index (χ1v) is 19.5. The topological polar surface area (TPSA) is 183 Å². The highest BCUT2D eigenvalue weighted by atomic mass is 35.5. The number of piperidine rings is 1. The molecule has 5 rings (SSSR count). The zero-order valence-electron chi connectivity index (χ0n) is 33.2. The van der Waals surface area contributed by atoms with Crippen molar-refractivity contribution in [3.8, 4) is 11.1 Å². The van der Waals surface area contributed by atoms with Crippen molar-refractivity contribution in [3.63, 3.8) is 0 Å². The third kappa shape index (κ3) is 8.84. The molecule has 13 nitrogen and oxygen atoms in total. The lowest BCUT2D eigenvalue weighted by Crippen LogP contribution is -2.66. The van der Waals surface area contributed by atoms with E-state index in [1.165, 1.54) is 12.0 Å². The molecule has 0 radical (unpaired) electrons. The van der Waals surface area contributed by atoms with E-state index in [9.17, 15) is 19.5 Å². The Bertz CT molecular complexity index is 2000. The molecule has 1 spiro atoms. The minimum absolute atomic E-state index is 0.156. The van der Waals surface area contributed by atoms with E-state index in [-0.39, 0.29) is 31.3 Å². The van der Waals surface area contributed by atoms with Crippen molar-refractivity contribution >= 4 is 35.5 Å². The van der Waals surface area contributed by atoms with Crippen LogP contribution in [0.2, 0.25) is 5.02 Å². The van der Waals surface area contributed by atoms with Crippen molar-refractivity contribution < 1.29 is 29.0 Å². The quantitative estimate of drug-likeness (QED) is 0.0450. The monoisotopic (exact) mass is 787 g/mol. The van der Waals surface area contributed by atoms with Gasteiger partial charge in [0.15, 0.2) is 0 Å². The van der Waals surface area contributed by atoms with Gasteiger partial charge in [-0.05, 0) is 105 Å². The summed E-state index contributed by atoms with van der Waals surface area (Å²) >= 11 is 6.97. The van der Waals surface area contributed by atoms with Gasteiger partial charge < -0.3 is 35.4 Å². The summed E-state index contributed by atoms with van der Waals surface area (Å²) in [6.07, 6.45) is 2.49. The van der Waals surface area contributed by atoms with Crippen LogP contribution in [0.3, 0.4) is 0 Å². The summed E-state index contributed by atoms with van der Waals surface area (Å²) in [4.78, 5) is 42.6. The Morgan fingerprint density at radius 3 is 2.59 bits per heavy atom. The van der Waals surface area contributed by atoms with Gasteiger partial charge in [0.2, 0.25) is 0 Å². The van der Waals surface area contributed by atoms with Crippen LogP contribution in [0.25, 0.3) is 11.1 Å². The molecule has 3 aromatic carbocycles. The lowest BCUT2D eigenvalue weighted by Gasteiger charge is -2.62. The van der Waals surface area contributed by atoms with Crippen molar-refractivity contribution in [2.75, 3.05) is 33.8 Å². The maximum absolute atomic E-state index is 14.7. The summed E-state index contributed by atoms with van der Waals surface area (Å²) in [6, 6.07) is 17.5. The number of aryl methyl sites for hydroxylation is 2. The zero-order valence-corrected chi connectivity index (χ0v) is 34.0. The number of hydrogen-bond donors (Lipinski definition) is 4. The molecule has 1 heterocycles. The molecule has 0 saturated carbocycles. The SMILES string of the molecule is CCc1cccc(-c2c(Cl)ccc3c2C(O)(CCCNC(=O)OC)[C@@]32CCCN(C(=O)c3ccc(CN(C)C(=O)OC(C)(C)C)cc3CC/C(N)=N/N=N)C2)c1. The van der Waals surface area contributed by atoms with Gasteiger partial charge in [-0.25, -0.2) is 9.59 Å². The maximum Gasteiger partial charge on any atom is 0.410 e. The second-order valence-corrected chi connectivity index (χ2v) is 16.1. The summed E-state index contributed by atoms with van der Waals surface area (Å²) < 4.78 is 10.3. The van der Waals surface area contributed by atoms with Gasteiger partial charge in [-0.1, -0.05) is 66.2 Å². The predicted molar refractivity (Wildman–Crippen MR) is 216 cm³/mol. The number of nitrogens with two attached hydrogens (primary N) is 1. The number of ether oxygens (including phenoxy) is 2. The molecule has 1 aliphatic carbocycles. The van der Waals surface area contributed by atoms with Crippen molar-refractivity contribution in [2.24, 2.45) is 16.1 Å². The Kier molecular flexibility index (Phi) is 13.1. The number of nitrogens with zero attached hydrogens (tertiary/aromatic N) is 4. The fourth-order valence-electron chi connectivity index (χ4n) is 8.18. The number of amides is 3. The predicted octanol–water partition coefficient (Wildman–Crippen LogP) is 7.68. The van der Waals surface area contributed by atoms with Crippen LogP contribution in [0.1, 0.15) is 98.0 Å². The number of fused-ring (bicyclic) bond motifs is 2. The van der Waals surface area contributed by atoms with E-state index in [4.69, 9.17) is 32.3 Å². The summed E-state index contributed by atoms with van der Waals surface area (Å²) in [6.45, 7) is 8.80. The maximum atomic E-state index is 14.7. The molecule has 1 saturated heterocycles. The fourth-order valence-corrected chi connectivity index (χ4v) is 8.44. The number of hydrogen-bond acceptors (Lipinski definition) is 8. The molecule has 3 aromatic rings. The Balaban J connectivity index is 1.52. The molecule has 2 atom stereocenters. The lowest BCUT2D eigenvalue weighted by molar-refractivity contribution is -0.109. The van der Waals surface area contributed by atoms with E-state index in [0.29, 0.717) is 61.3 Å². The molecule has 1 unspecified atom stereocenters. The van der Waals surface area contributed by atoms with Crippen LogP contribution in [0.15, 0.2) is 64.9 Å². The molecule has 3 amide bonds. The van der Waals surface area contributed by atoms with Gasteiger partial charge in [0.05, 0.1) is 7.11 Å². The second kappa shape index (κ2) is 17.4. The van der Waals surface area contributed by atoms with Crippen LogP contribution >= 0.6 is 11.6 Å². The highest BCUT2D eigenvalue weighted by molar-refractivity contribution is 6.33. The van der Waals surface area contributed by atoms with Gasteiger partial charge in [0.1, 0.15) is 17.0 Å². The Morgan fingerprint density at radius 1 is 1.12 bits per heavy atom. The molecule has 2 aliphatic rings. The van der Waals surface area contributed by atoms with Crippen LogP contribution in [0.4, 0.5) is 9.59 Å². The lowest BCUT2D eigenvalue weighted by atomic mass is 9.47. The standard InChI is InChI=1S/C42H54ClN7O6/c1-7-27-11-8-12-30(23-27)35-33(43)17-16-32-36(35)42(54,20-9-21-46-38(52)55-6)41(32)19-10-22-50(26-41)37(51)31-15-13-28(24-29(31)14-18-34(44)47-48-45)25-49(5)39(53)56-40(2,3)4/h8,11-13,15-17,23-24,54H,7,9-10,14,18-22,25-26H2,1-6H3,(H,46,52)(H3,44,45,47)/t41-,42?/m1/s1. The molecular formula is C42H54ClN7O6. The number of benzene rings is 3. The van der Waals surface area contributed by atoms with Crippen LogP contribution in [0.5, 0.6) is 0 Å². The summed E-state index contributed by atoms with van der Waals surface area (Å²) in [7, 11) is 2.96. The van der Waals surface area contributed by atoms with E-state index in [0.717, 1.165) is 39.8 Å². The largest absolute Gasteiger partial charge is 0.453 e. The highest BCUT2D eigenvalue weighted by Gasteiger charge is 2.64. The van der Waals surface area contributed by atoms with E-state index < -0.39 is 28.8 Å². The molecule has 56 heavy (non-hydrogen) atoms. The number of carbonyl (C=O) groups excluding carboxylic acids is 3. The Morgan fingerprint density at radius 2 is 1.89 bits per heavy atom. The number of carbonyl (C=O) groups is 3. The average molecular weight is 788 g/mol. The first-order valence-electron chi connectivity index (χ1n) is 19.1. The van der Waals surface area contributed by atoms with E-state index in [1.54, 1.807) is 13.1 Å². The van der Waals surface area contributed by atoms with Gasteiger partial charge in [0, 0.05) is 61.2 Å². The highest BCUT2D eigenvalue weighted by Crippen LogP contribution is 2.64. The minimum Gasteiger partial charge on any atom is -0.453 e. The van der Waals surface area contributed by atoms with E-state index in [1.807, 2.05) is 62.1 Å². The molecule has 300 valence electrons. The summed E-state index contributed by atoms with van der Waals surface area (Å²) in [5.74, 6) is -0.0387. The van der Waals surface area contributed by atoms with Crippen LogP contribution < -0.4 is 11.1 Å². The van der Waals surface area contributed by atoms with Gasteiger partial charge >= 0.3 is 12.2 Å². The number of likely N-dealkylation sites (tertiary alicyclic amines) is 1. The van der Waals surface area contributed by atoms with Crippen LogP contribution in [-0.2, 0) is 39.9 Å². The van der Waals surface area contributed by atoms with Crippen molar-refractivity contribution in [2.45, 2.75) is 95.8 Å². The number of alkyl carbamates (subject to hydrolysis) is 1. The molecule has 1 fully saturated rings. The number of halogens is 1. The number of methoxy groups -OCH3 is 1. The van der Waals surface area contributed by atoms with E-state index in [2.05, 4.69) is 34.7 Å². The first-order chi connectivity index (χ1) is 26.6. The second-order valence-electron chi connectivity index (χ2n) is 15.7. The number of aliphatic hydroxyl groups is 1. The number of nitrogens with one attached hydrogen (secondary N) is 2. The first kappa shape index (κ1) is 42.1. The third-order valence-electron chi connectivity index (χ3n) is 10.8. The fraction of sp³-hybridized carbons (Fsp3) is 0.476. The van der Waals surface area contributed by atoms with Crippen molar-refractivity contribution in [1.82, 2.24) is 15.1 Å². The summed E-state index contributed by atoms with van der Waals surface area (Å²) in [5, 5.41) is 23.0. The number of amidine groups is 1. The normalized spacial score (nSPS) is 19.1. The average Bonchev–Trinajstić information content (AvgIpc) is 3.17. The van der Waals surface area contributed by atoms with Crippen molar-refractivity contribution in [3.05, 3.63) is 93.0 Å². The minimum atomic E-state index is -1.37. The smallest absolute Gasteiger partial charge is 0.410 e. The van der Waals surface area contributed by atoms with Crippen LogP contribution in [0, 0.1) is 5.53 Å². The molecule has 0 bridgehead atoms. The Hall–Kier alpha value is -5.01. The van der Waals surface area contributed by atoms with Gasteiger partial charge in [-0.15, -0.1) is 5.10 Å². The third-order valence-corrected chi connectivity index (χ3v) is 11.1.